The summed E-state index contributed by atoms with van der Waals surface area (Å²) in [5.74, 6) is 0.429. The lowest BCUT2D eigenvalue weighted by Crippen LogP contribution is -2.07. The molecular formula is C8H7N9S. The first kappa shape index (κ1) is 10.7. The van der Waals surface area contributed by atoms with Gasteiger partial charge in [0.25, 0.3) is 5.95 Å². The van der Waals surface area contributed by atoms with E-state index in [1.54, 1.807) is 12.4 Å². The van der Waals surface area contributed by atoms with Crippen LogP contribution in [0.25, 0.3) is 5.95 Å². The van der Waals surface area contributed by atoms with Gasteiger partial charge in [-0.3, -0.25) is 0 Å². The van der Waals surface area contributed by atoms with Crippen LogP contribution in [0.15, 0.2) is 35.4 Å². The normalized spacial score (nSPS) is 10.7. The van der Waals surface area contributed by atoms with Crippen LogP contribution in [0.5, 0.6) is 0 Å². The molecule has 0 saturated heterocycles. The van der Waals surface area contributed by atoms with Gasteiger partial charge in [0.15, 0.2) is 5.16 Å². The van der Waals surface area contributed by atoms with E-state index in [0.29, 0.717) is 16.3 Å². The van der Waals surface area contributed by atoms with E-state index in [9.17, 15) is 0 Å². The predicted octanol–water partition coefficient (Wildman–Crippen LogP) is -0.0912. The Hall–Kier alpha value is -2.49. The number of nitrogens with zero attached hydrogens (tertiary/aromatic N) is 7. The zero-order chi connectivity index (χ0) is 12.4. The number of hydrogen-bond acceptors (Lipinski definition) is 8. The van der Waals surface area contributed by atoms with Gasteiger partial charge in [-0.2, -0.15) is 24.7 Å². The summed E-state index contributed by atoms with van der Waals surface area (Å²) in [7, 11) is 0. The average Bonchev–Trinajstić information content (AvgIpc) is 3.00. The summed E-state index contributed by atoms with van der Waals surface area (Å²) >= 11 is 1.25. The maximum atomic E-state index is 5.63. The molecule has 0 amide bonds. The maximum absolute atomic E-state index is 5.63. The molecule has 9 nitrogen and oxygen atoms in total. The van der Waals surface area contributed by atoms with Gasteiger partial charge in [0.05, 0.1) is 0 Å². The Balaban J connectivity index is 1.96. The van der Waals surface area contributed by atoms with Crippen molar-refractivity contribution in [3.05, 3.63) is 25.0 Å². The molecule has 3 rings (SSSR count). The number of aromatic amines is 1. The Labute approximate surface area is 105 Å². The van der Waals surface area contributed by atoms with Crippen molar-refractivity contribution >= 4 is 17.7 Å². The Morgan fingerprint density at radius 3 is 2.94 bits per heavy atom. The van der Waals surface area contributed by atoms with E-state index in [4.69, 9.17) is 5.73 Å². The maximum Gasteiger partial charge on any atom is 0.257 e. The van der Waals surface area contributed by atoms with Crippen molar-refractivity contribution < 1.29 is 0 Å². The molecule has 3 aromatic heterocycles. The van der Waals surface area contributed by atoms with E-state index in [-0.39, 0.29) is 5.95 Å². The highest BCUT2D eigenvalue weighted by atomic mass is 32.2. The van der Waals surface area contributed by atoms with Gasteiger partial charge in [-0.05, 0) is 11.8 Å². The third-order valence-corrected chi connectivity index (χ3v) is 2.69. The first-order valence-electron chi connectivity index (χ1n) is 4.85. The van der Waals surface area contributed by atoms with E-state index in [1.165, 1.54) is 29.1 Å². The molecule has 0 unspecified atom stereocenters. The van der Waals surface area contributed by atoms with E-state index < -0.39 is 0 Å². The Bertz CT molecular complexity index is 633. The molecule has 0 atom stereocenters. The zero-order valence-corrected chi connectivity index (χ0v) is 9.74. The lowest BCUT2D eigenvalue weighted by molar-refractivity contribution is 0.762. The fourth-order valence-electron chi connectivity index (χ4n) is 1.21. The highest BCUT2D eigenvalue weighted by Gasteiger charge is 2.09. The van der Waals surface area contributed by atoms with Gasteiger partial charge in [-0.25, -0.2) is 9.97 Å². The van der Waals surface area contributed by atoms with E-state index in [2.05, 4.69) is 35.0 Å². The molecule has 0 radical (unpaired) electrons. The molecular weight excluding hydrogens is 254 g/mol. The molecule has 0 spiro atoms. The van der Waals surface area contributed by atoms with Crippen molar-refractivity contribution in [2.24, 2.45) is 0 Å². The minimum absolute atomic E-state index is 0.115. The number of nitrogens with two attached hydrogens (primary N) is 1. The van der Waals surface area contributed by atoms with Crippen LogP contribution < -0.4 is 5.73 Å². The lowest BCUT2D eigenvalue weighted by atomic mass is 10.9. The average molecular weight is 261 g/mol. The van der Waals surface area contributed by atoms with Crippen LogP contribution in [0, 0.1) is 0 Å². The molecule has 10 heteroatoms. The number of aromatic nitrogens is 8. The van der Waals surface area contributed by atoms with Gasteiger partial charge >= 0.3 is 0 Å². The molecule has 0 aliphatic heterocycles. The number of nitrogens with one attached hydrogen (secondary N) is 1. The predicted molar refractivity (Wildman–Crippen MR) is 61.9 cm³/mol. The minimum Gasteiger partial charge on any atom is -0.368 e. The summed E-state index contributed by atoms with van der Waals surface area (Å²) < 4.78 is 1.41. The molecule has 90 valence electrons. The number of H-pyrrole nitrogens is 1. The fraction of sp³-hybridized carbons (Fsp3) is 0. The van der Waals surface area contributed by atoms with Crippen molar-refractivity contribution in [2.75, 3.05) is 5.73 Å². The molecule has 0 bridgehead atoms. The minimum atomic E-state index is 0.115. The second-order valence-electron chi connectivity index (χ2n) is 3.11. The zero-order valence-electron chi connectivity index (χ0n) is 8.93. The standard InChI is InChI=1S/C8H7N9S/c9-5-14-6(17-4-10-3-13-17)16-8(15-5)18-7-11-1-2-12-7/h1-4H,(H,11,12)(H2,9,14,15,16). The molecule has 18 heavy (non-hydrogen) atoms. The van der Waals surface area contributed by atoms with Crippen LogP contribution in [0.4, 0.5) is 5.95 Å². The van der Waals surface area contributed by atoms with Crippen LogP contribution in [-0.4, -0.2) is 39.7 Å². The third-order valence-electron chi connectivity index (χ3n) is 1.91. The summed E-state index contributed by atoms with van der Waals surface area (Å²) in [5, 5.41) is 5.03. The Morgan fingerprint density at radius 1 is 1.28 bits per heavy atom. The van der Waals surface area contributed by atoms with Crippen molar-refractivity contribution in [1.29, 1.82) is 0 Å². The third kappa shape index (κ3) is 2.13. The molecule has 3 N–H and O–H groups in total. The molecule has 0 saturated carbocycles. The number of nitrogen functional groups attached to an aromatic ring is 1. The second kappa shape index (κ2) is 4.41. The summed E-state index contributed by atoms with van der Waals surface area (Å²) in [4.78, 5) is 23.0. The first-order valence-corrected chi connectivity index (χ1v) is 5.67. The van der Waals surface area contributed by atoms with Crippen LogP contribution in [0.1, 0.15) is 0 Å². The Morgan fingerprint density at radius 2 is 2.22 bits per heavy atom. The highest BCUT2D eigenvalue weighted by Crippen LogP contribution is 2.21. The van der Waals surface area contributed by atoms with Gasteiger partial charge in [-0.1, -0.05) is 0 Å². The SMILES string of the molecule is Nc1nc(Sc2ncc[nH]2)nc(-n2cncn2)n1. The molecule has 3 heterocycles. The van der Waals surface area contributed by atoms with Crippen molar-refractivity contribution in [2.45, 2.75) is 10.3 Å². The van der Waals surface area contributed by atoms with Crippen LogP contribution >= 0.6 is 11.8 Å². The first-order chi connectivity index (χ1) is 8.81. The monoisotopic (exact) mass is 261 g/mol. The summed E-state index contributed by atoms with van der Waals surface area (Å²) in [6, 6.07) is 0. The Kier molecular flexibility index (Phi) is 2.61. The molecule has 0 aliphatic carbocycles. The van der Waals surface area contributed by atoms with Crippen LogP contribution in [-0.2, 0) is 0 Å². The van der Waals surface area contributed by atoms with Gasteiger partial charge in [0.2, 0.25) is 11.1 Å². The van der Waals surface area contributed by atoms with E-state index in [0.717, 1.165) is 0 Å². The number of hydrogen-bond donors (Lipinski definition) is 2. The summed E-state index contributed by atoms with van der Waals surface area (Å²) in [6.07, 6.45) is 6.23. The number of imidazole rings is 1. The van der Waals surface area contributed by atoms with E-state index in [1.807, 2.05) is 0 Å². The quantitative estimate of drug-likeness (QED) is 0.670. The molecule has 0 fully saturated rings. The van der Waals surface area contributed by atoms with Gasteiger partial charge in [0.1, 0.15) is 12.7 Å². The van der Waals surface area contributed by atoms with Gasteiger partial charge in [0, 0.05) is 12.4 Å². The van der Waals surface area contributed by atoms with Crippen molar-refractivity contribution in [3.8, 4) is 5.95 Å². The molecule has 0 aliphatic rings. The smallest absolute Gasteiger partial charge is 0.257 e. The van der Waals surface area contributed by atoms with Crippen LogP contribution in [0.3, 0.4) is 0 Å². The highest BCUT2D eigenvalue weighted by molar-refractivity contribution is 7.99. The lowest BCUT2D eigenvalue weighted by Gasteiger charge is -2.02. The molecule has 3 aromatic rings. The summed E-state index contributed by atoms with van der Waals surface area (Å²) in [6.45, 7) is 0. The van der Waals surface area contributed by atoms with Gasteiger partial charge < -0.3 is 10.7 Å². The van der Waals surface area contributed by atoms with Crippen LogP contribution in [0.2, 0.25) is 0 Å². The fourth-order valence-corrected chi connectivity index (χ4v) is 1.89. The second-order valence-corrected chi connectivity index (χ2v) is 4.07. The van der Waals surface area contributed by atoms with Gasteiger partial charge in [-0.15, -0.1) is 0 Å². The van der Waals surface area contributed by atoms with Crippen molar-refractivity contribution in [1.82, 2.24) is 39.7 Å². The van der Waals surface area contributed by atoms with Crippen molar-refractivity contribution in [3.63, 3.8) is 0 Å². The largest absolute Gasteiger partial charge is 0.368 e. The number of anilines is 1. The topological polar surface area (TPSA) is 124 Å². The summed E-state index contributed by atoms with van der Waals surface area (Å²) in [5.41, 5.74) is 5.63. The van der Waals surface area contributed by atoms with E-state index >= 15 is 0 Å². The number of rotatable bonds is 3. The molecule has 0 aromatic carbocycles.